The molecule has 2 amide bonds. The van der Waals surface area contributed by atoms with Gasteiger partial charge in [-0.15, -0.1) is 0 Å². The Bertz CT molecular complexity index is 630. The molecule has 0 bridgehead atoms. The van der Waals surface area contributed by atoms with Crippen LogP contribution in [0.15, 0.2) is 30.3 Å². The number of carbonyl (C=O) groups excluding carboxylic acids is 2. The van der Waals surface area contributed by atoms with Crippen LogP contribution in [-0.4, -0.2) is 34.6 Å². The standard InChI is InChI=1S/C20H28N2O3/c1-19(2,3)25-18(24)22-14-16(15-10-6-4-7-11-15)21-17(23)20(22)12-8-5-9-13-20/h4,6-7,10-11,16H,5,8-9,12-14H2,1-3H3,(H,21,23). The second kappa shape index (κ2) is 6.70. The third-order valence-electron chi connectivity index (χ3n) is 5.11. The molecule has 1 spiro atoms. The molecule has 1 unspecified atom stereocenters. The van der Waals surface area contributed by atoms with E-state index in [0.717, 1.165) is 24.8 Å². The molecule has 1 N–H and O–H groups in total. The van der Waals surface area contributed by atoms with Crippen molar-refractivity contribution in [1.29, 1.82) is 0 Å². The van der Waals surface area contributed by atoms with Crippen molar-refractivity contribution < 1.29 is 14.3 Å². The summed E-state index contributed by atoms with van der Waals surface area (Å²) in [5, 5.41) is 3.15. The minimum atomic E-state index is -0.758. The molecule has 1 aromatic carbocycles. The molecular formula is C20H28N2O3. The zero-order chi connectivity index (χ0) is 18.1. The molecule has 2 aliphatic rings. The van der Waals surface area contributed by atoms with Gasteiger partial charge in [0, 0.05) is 6.54 Å². The first kappa shape index (κ1) is 17.8. The average Bonchev–Trinajstić information content (AvgIpc) is 2.57. The number of piperazine rings is 1. The lowest BCUT2D eigenvalue weighted by molar-refractivity contribution is -0.142. The predicted octanol–water partition coefficient (Wildman–Crippen LogP) is 3.80. The Morgan fingerprint density at radius 1 is 1.16 bits per heavy atom. The quantitative estimate of drug-likeness (QED) is 0.843. The maximum atomic E-state index is 13.1. The number of amides is 2. The van der Waals surface area contributed by atoms with Crippen LogP contribution in [0, 0.1) is 0 Å². The van der Waals surface area contributed by atoms with E-state index in [1.54, 1.807) is 4.90 Å². The van der Waals surface area contributed by atoms with Crippen LogP contribution in [0.3, 0.4) is 0 Å². The van der Waals surface area contributed by atoms with E-state index in [0.29, 0.717) is 19.4 Å². The Kier molecular flexibility index (Phi) is 4.76. The van der Waals surface area contributed by atoms with Gasteiger partial charge in [0.1, 0.15) is 11.1 Å². The van der Waals surface area contributed by atoms with Crippen LogP contribution < -0.4 is 5.32 Å². The molecule has 1 aliphatic carbocycles. The Morgan fingerprint density at radius 2 is 1.80 bits per heavy atom. The number of rotatable bonds is 1. The van der Waals surface area contributed by atoms with Gasteiger partial charge in [-0.3, -0.25) is 9.69 Å². The molecule has 25 heavy (non-hydrogen) atoms. The van der Waals surface area contributed by atoms with E-state index in [2.05, 4.69) is 5.32 Å². The molecule has 3 rings (SSSR count). The molecule has 1 saturated heterocycles. The lowest BCUT2D eigenvalue weighted by Crippen LogP contribution is -2.68. The van der Waals surface area contributed by atoms with Crippen LogP contribution in [0.2, 0.25) is 0 Å². The lowest BCUT2D eigenvalue weighted by atomic mass is 9.77. The van der Waals surface area contributed by atoms with Crippen LogP contribution in [0.25, 0.3) is 0 Å². The van der Waals surface area contributed by atoms with E-state index in [-0.39, 0.29) is 18.0 Å². The van der Waals surface area contributed by atoms with Crippen molar-refractivity contribution in [3.63, 3.8) is 0 Å². The number of hydrogen-bond donors (Lipinski definition) is 1. The zero-order valence-corrected chi connectivity index (χ0v) is 15.4. The van der Waals surface area contributed by atoms with E-state index >= 15 is 0 Å². The van der Waals surface area contributed by atoms with E-state index in [1.807, 2.05) is 51.1 Å². The van der Waals surface area contributed by atoms with Crippen molar-refractivity contribution in [1.82, 2.24) is 10.2 Å². The van der Waals surface area contributed by atoms with Gasteiger partial charge in [0.05, 0.1) is 6.04 Å². The number of carbonyl (C=O) groups is 2. The summed E-state index contributed by atoms with van der Waals surface area (Å²) in [6.45, 7) is 6.02. The highest BCUT2D eigenvalue weighted by Gasteiger charge is 2.52. The monoisotopic (exact) mass is 344 g/mol. The first-order valence-electron chi connectivity index (χ1n) is 9.18. The van der Waals surface area contributed by atoms with E-state index < -0.39 is 11.1 Å². The SMILES string of the molecule is CC(C)(C)OC(=O)N1CC(c2ccccc2)NC(=O)C12CCCCC2. The van der Waals surface area contributed by atoms with Gasteiger partial charge in [-0.1, -0.05) is 49.6 Å². The summed E-state index contributed by atoms with van der Waals surface area (Å²) in [6.07, 6.45) is 4.06. The molecule has 5 nitrogen and oxygen atoms in total. The smallest absolute Gasteiger partial charge is 0.411 e. The molecule has 0 radical (unpaired) electrons. The highest BCUT2D eigenvalue weighted by Crippen LogP contribution is 2.39. The molecule has 1 heterocycles. The highest BCUT2D eigenvalue weighted by molar-refractivity contribution is 5.91. The Balaban J connectivity index is 1.91. The summed E-state index contributed by atoms with van der Waals surface area (Å²) in [7, 11) is 0. The van der Waals surface area contributed by atoms with Crippen LogP contribution in [0.4, 0.5) is 4.79 Å². The van der Waals surface area contributed by atoms with Gasteiger partial charge >= 0.3 is 6.09 Å². The molecule has 1 saturated carbocycles. The molecule has 2 fully saturated rings. The molecule has 1 aromatic rings. The van der Waals surface area contributed by atoms with Crippen molar-refractivity contribution in [2.45, 2.75) is 70.1 Å². The van der Waals surface area contributed by atoms with Gasteiger partial charge in [0.15, 0.2) is 0 Å². The highest BCUT2D eigenvalue weighted by atomic mass is 16.6. The summed E-state index contributed by atoms with van der Waals surface area (Å²) in [5.74, 6) is -0.0434. The van der Waals surface area contributed by atoms with E-state index in [1.165, 1.54) is 0 Å². The van der Waals surface area contributed by atoms with Crippen LogP contribution in [0.5, 0.6) is 0 Å². The largest absolute Gasteiger partial charge is 0.444 e. The number of hydrogen-bond acceptors (Lipinski definition) is 3. The van der Waals surface area contributed by atoms with Gasteiger partial charge in [-0.2, -0.15) is 0 Å². The first-order chi connectivity index (χ1) is 11.8. The van der Waals surface area contributed by atoms with Crippen LogP contribution >= 0.6 is 0 Å². The van der Waals surface area contributed by atoms with Crippen LogP contribution in [-0.2, 0) is 9.53 Å². The van der Waals surface area contributed by atoms with Gasteiger partial charge in [0.25, 0.3) is 0 Å². The predicted molar refractivity (Wildman–Crippen MR) is 96.1 cm³/mol. The number of benzene rings is 1. The minimum absolute atomic E-state index is 0.0434. The fraction of sp³-hybridized carbons (Fsp3) is 0.600. The summed E-state index contributed by atoms with van der Waals surface area (Å²) < 4.78 is 5.64. The van der Waals surface area contributed by atoms with Gasteiger partial charge < -0.3 is 10.1 Å². The molecular weight excluding hydrogens is 316 g/mol. The maximum Gasteiger partial charge on any atom is 0.411 e. The molecule has 0 aromatic heterocycles. The second-order valence-electron chi connectivity index (χ2n) is 8.12. The number of nitrogens with zero attached hydrogens (tertiary/aromatic N) is 1. The third-order valence-corrected chi connectivity index (χ3v) is 5.11. The molecule has 1 aliphatic heterocycles. The lowest BCUT2D eigenvalue weighted by Gasteiger charge is -2.50. The minimum Gasteiger partial charge on any atom is -0.444 e. The van der Waals surface area contributed by atoms with Crippen molar-refractivity contribution in [3.05, 3.63) is 35.9 Å². The van der Waals surface area contributed by atoms with Gasteiger partial charge in [-0.25, -0.2) is 4.79 Å². The molecule has 136 valence electrons. The Hall–Kier alpha value is -2.04. The number of ether oxygens (including phenoxy) is 1. The maximum absolute atomic E-state index is 13.1. The van der Waals surface area contributed by atoms with E-state index in [9.17, 15) is 9.59 Å². The average molecular weight is 344 g/mol. The van der Waals surface area contributed by atoms with Crippen molar-refractivity contribution in [2.24, 2.45) is 0 Å². The van der Waals surface area contributed by atoms with Crippen LogP contribution in [0.1, 0.15) is 64.5 Å². The summed E-state index contributed by atoms with van der Waals surface area (Å²) in [4.78, 5) is 27.7. The first-order valence-corrected chi connectivity index (χ1v) is 9.18. The number of nitrogens with one attached hydrogen (secondary N) is 1. The Morgan fingerprint density at radius 3 is 2.40 bits per heavy atom. The summed E-state index contributed by atoms with van der Waals surface area (Å²) in [6, 6.07) is 9.61. The normalized spacial score (nSPS) is 23.2. The topological polar surface area (TPSA) is 58.6 Å². The van der Waals surface area contributed by atoms with Crippen molar-refractivity contribution in [3.8, 4) is 0 Å². The fourth-order valence-electron chi connectivity index (χ4n) is 3.89. The molecule has 1 atom stereocenters. The summed E-state index contributed by atoms with van der Waals surface area (Å²) in [5.41, 5.74) is -0.329. The Labute approximate surface area is 149 Å². The molecule has 5 heteroatoms. The van der Waals surface area contributed by atoms with Crippen molar-refractivity contribution in [2.75, 3.05) is 6.54 Å². The van der Waals surface area contributed by atoms with Crippen molar-refractivity contribution >= 4 is 12.0 Å². The summed E-state index contributed by atoms with van der Waals surface area (Å²) >= 11 is 0. The second-order valence-corrected chi connectivity index (χ2v) is 8.12. The van der Waals surface area contributed by atoms with E-state index in [4.69, 9.17) is 4.74 Å². The zero-order valence-electron chi connectivity index (χ0n) is 15.4. The fourth-order valence-corrected chi connectivity index (χ4v) is 3.89. The van der Waals surface area contributed by atoms with Gasteiger partial charge in [0.2, 0.25) is 5.91 Å². The van der Waals surface area contributed by atoms with Gasteiger partial charge in [-0.05, 0) is 39.2 Å². The third kappa shape index (κ3) is 3.65.